The lowest BCUT2D eigenvalue weighted by molar-refractivity contribution is -0.139. The summed E-state index contributed by atoms with van der Waals surface area (Å²) in [6.45, 7) is 3.19. The van der Waals surface area contributed by atoms with Gasteiger partial charge in [0, 0.05) is 0 Å². The van der Waals surface area contributed by atoms with E-state index in [1.165, 1.54) is 0 Å². The zero-order valence-electron chi connectivity index (χ0n) is 8.75. The van der Waals surface area contributed by atoms with E-state index in [4.69, 9.17) is 9.47 Å². The molecule has 0 radical (unpaired) electrons. The van der Waals surface area contributed by atoms with Crippen molar-refractivity contribution in [2.45, 2.75) is 19.8 Å². The predicted molar refractivity (Wildman–Crippen MR) is 52.9 cm³/mol. The second kappa shape index (κ2) is 6.19. The SMILES string of the molecule is CCOC(=O)C(NC=O)=C1CCOCC1. The summed E-state index contributed by atoms with van der Waals surface area (Å²) >= 11 is 0. The lowest BCUT2D eigenvalue weighted by Gasteiger charge is -2.18. The summed E-state index contributed by atoms with van der Waals surface area (Å²) in [5.41, 5.74) is 1.17. The molecule has 5 nitrogen and oxygen atoms in total. The first-order valence-corrected chi connectivity index (χ1v) is 4.96. The Bertz CT molecular complexity index is 265. The molecule has 0 bridgehead atoms. The molecular weight excluding hydrogens is 198 g/mol. The van der Waals surface area contributed by atoms with E-state index >= 15 is 0 Å². The maximum absolute atomic E-state index is 11.5. The molecule has 5 heteroatoms. The van der Waals surface area contributed by atoms with E-state index < -0.39 is 5.97 Å². The van der Waals surface area contributed by atoms with Crippen LogP contribution in [0.5, 0.6) is 0 Å². The molecule has 0 aromatic rings. The van der Waals surface area contributed by atoms with Crippen molar-refractivity contribution in [3.8, 4) is 0 Å². The summed E-state index contributed by atoms with van der Waals surface area (Å²) in [7, 11) is 0. The lowest BCUT2D eigenvalue weighted by atomic mass is 10.1. The first-order valence-electron chi connectivity index (χ1n) is 4.96. The molecule has 1 rings (SSSR count). The van der Waals surface area contributed by atoms with Crippen LogP contribution in [-0.4, -0.2) is 32.2 Å². The minimum absolute atomic E-state index is 0.273. The van der Waals surface area contributed by atoms with Gasteiger partial charge in [-0.05, 0) is 25.3 Å². The van der Waals surface area contributed by atoms with E-state index in [9.17, 15) is 9.59 Å². The number of rotatable bonds is 4. The van der Waals surface area contributed by atoms with Crippen LogP contribution in [0.4, 0.5) is 0 Å². The van der Waals surface area contributed by atoms with Gasteiger partial charge in [0.15, 0.2) is 0 Å². The van der Waals surface area contributed by atoms with Crippen LogP contribution in [0.25, 0.3) is 0 Å². The van der Waals surface area contributed by atoms with Crippen LogP contribution in [0.15, 0.2) is 11.3 Å². The fraction of sp³-hybridized carbons (Fsp3) is 0.600. The minimum atomic E-state index is -0.471. The van der Waals surface area contributed by atoms with Gasteiger partial charge in [-0.2, -0.15) is 0 Å². The Morgan fingerprint density at radius 2 is 2.20 bits per heavy atom. The summed E-state index contributed by atoms with van der Waals surface area (Å²) in [5.74, 6) is -0.471. The van der Waals surface area contributed by atoms with Gasteiger partial charge in [-0.3, -0.25) is 4.79 Å². The Hall–Kier alpha value is -1.36. The number of esters is 1. The highest BCUT2D eigenvalue weighted by molar-refractivity contribution is 5.91. The zero-order valence-corrected chi connectivity index (χ0v) is 8.75. The third-order valence-electron chi connectivity index (χ3n) is 2.13. The fourth-order valence-corrected chi connectivity index (χ4v) is 1.44. The Kier molecular flexibility index (Phi) is 4.83. The summed E-state index contributed by atoms with van der Waals surface area (Å²) in [6, 6.07) is 0. The Morgan fingerprint density at radius 3 is 2.73 bits per heavy atom. The molecule has 0 atom stereocenters. The maximum Gasteiger partial charge on any atom is 0.354 e. The van der Waals surface area contributed by atoms with E-state index in [2.05, 4.69) is 5.32 Å². The Balaban J connectivity index is 2.77. The first-order chi connectivity index (χ1) is 7.29. The normalized spacial score (nSPS) is 15.7. The number of nitrogens with one attached hydrogen (secondary N) is 1. The number of carbonyl (C=O) groups excluding carboxylic acids is 2. The van der Waals surface area contributed by atoms with Crippen LogP contribution in [0.3, 0.4) is 0 Å². The first kappa shape index (κ1) is 11.7. The molecule has 15 heavy (non-hydrogen) atoms. The molecule has 1 amide bonds. The van der Waals surface area contributed by atoms with Gasteiger partial charge in [0.1, 0.15) is 5.70 Å². The van der Waals surface area contributed by atoms with E-state index in [-0.39, 0.29) is 5.70 Å². The average Bonchev–Trinajstić information content (AvgIpc) is 2.27. The van der Waals surface area contributed by atoms with Gasteiger partial charge < -0.3 is 14.8 Å². The molecule has 1 fully saturated rings. The lowest BCUT2D eigenvalue weighted by Crippen LogP contribution is -2.25. The molecule has 1 heterocycles. The Labute approximate surface area is 88.4 Å². The van der Waals surface area contributed by atoms with Crippen molar-refractivity contribution in [2.75, 3.05) is 19.8 Å². The second-order valence-electron chi connectivity index (χ2n) is 3.07. The highest BCUT2D eigenvalue weighted by Gasteiger charge is 2.18. The van der Waals surface area contributed by atoms with E-state index in [1.807, 2.05) is 0 Å². The van der Waals surface area contributed by atoms with Crippen LogP contribution < -0.4 is 5.32 Å². The molecule has 1 saturated heterocycles. The van der Waals surface area contributed by atoms with Gasteiger partial charge in [0.25, 0.3) is 0 Å². The summed E-state index contributed by atoms with van der Waals surface area (Å²) in [6.07, 6.45) is 1.82. The van der Waals surface area contributed by atoms with Gasteiger partial charge in [-0.15, -0.1) is 0 Å². The van der Waals surface area contributed by atoms with E-state index in [1.54, 1.807) is 6.92 Å². The largest absolute Gasteiger partial charge is 0.461 e. The van der Waals surface area contributed by atoms with Crippen LogP contribution in [0.2, 0.25) is 0 Å². The highest BCUT2D eigenvalue weighted by Crippen LogP contribution is 2.17. The smallest absolute Gasteiger partial charge is 0.354 e. The number of hydrogen-bond donors (Lipinski definition) is 1. The third kappa shape index (κ3) is 3.36. The standard InChI is InChI=1S/C10H15NO4/c1-2-15-10(13)9(11-7-12)8-3-5-14-6-4-8/h7H,2-6H2,1H3,(H,11,12). The van der Waals surface area contributed by atoms with Crippen LogP contribution >= 0.6 is 0 Å². The number of ether oxygens (including phenoxy) is 2. The molecule has 0 unspecified atom stereocenters. The van der Waals surface area contributed by atoms with Crippen LogP contribution in [-0.2, 0) is 19.1 Å². The molecule has 0 saturated carbocycles. The molecule has 0 aromatic carbocycles. The summed E-state index contributed by atoms with van der Waals surface area (Å²) in [5, 5.41) is 2.41. The quantitative estimate of drug-likeness (QED) is 0.416. The third-order valence-corrected chi connectivity index (χ3v) is 2.13. The molecular formula is C10H15NO4. The molecule has 1 aliphatic heterocycles. The zero-order chi connectivity index (χ0) is 11.1. The van der Waals surface area contributed by atoms with Crippen molar-refractivity contribution in [1.29, 1.82) is 0 Å². The Morgan fingerprint density at radius 1 is 1.53 bits per heavy atom. The number of amides is 1. The van der Waals surface area contributed by atoms with Crippen molar-refractivity contribution in [3.05, 3.63) is 11.3 Å². The molecule has 1 N–H and O–H groups in total. The summed E-state index contributed by atoms with van der Waals surface area (Å²) < 4.78 is 10.0. The maximum atomic E-state index is 11.5. The average molecular weight is 213 g/mol. The second-order valence-corrected chi connectivity index (χ2v) is 3.07. The molecule has 84 valence electrons. The number of hydrogen-bond acceptors (Lipinski definition) is 4. The van der Waals surface area contributed by atoms with Crippen LogP contribution in [0.1, 0.15) is 19.8 Å². The van der Waals surface area contributed by atoms with Crippen molar-refractivity contribution < 1.29 is 19.1 Å². The van der Waals surface area contributed by atoms with Crippen molar-refractivity contribution in [2.24, 2.45) is 0 Å². The van der Waals surface area contributed by atoms with E-state index in [0.29, 0.717) is 39.1 Å². The topological polar surface area (TPSA) is 64.6 Å². The van der Waals surface area contributed by atoms with Gasteiger partial charge in [0.2, 0.25) is 6.41 Å². The molecule has 1 aliphatic rings. The molecule has 0 aliphatic carbocycles. The summed E-state index contributed by atoms with van der Waals surface area (Å²) in [4.78, 5) is 21.9. The van der Waals surface area contributed by atoms with E-state index in [0.717, 1.165) is 5.57 Å². The van der Waals surface area contributed by atoms with Gasteiger partial charge in [-0.25, -0.2) is 4.79 Å². The minimum Gasteiger partial charge on any atom is -0.461 e. The van der Waals surface area contributed by atoms with Crippen molar-refractivity contribution >= 4 is 12.4 Å². The van der Waals surface area contributed by atoms with Gasteiger partial charge in [-0.1, -0.05) is 0 Å². The predicted octanol–water partition coefficient (Wildman–Crippen LogP) is 0.360. The van der Waals surface area contributed by atoms with Crippen molar-refractivity contribution in [1.82, 2.24) is 5.32 Å². The molecule has 0 spiro atoms. The molecule has 0 aromatic heterocycles. The number of carbonyl (C=O) groups is 2. The highest BCUT2D eigenvalue weighted by atomic mass is 16.5. The van der Waals surface area contributed by atoms with Gasteiger partial charge >= 0.3 is 5.97 Å². The monoisotopic (exact) mass is 213 g/mol. The fourth-order valence-electron chi connectivity index (χ4n) is 1.44. The van der Waals surface area contributed by atoms with Crippen LogP contribution in [0, 0.1) is 0 Å². The van der Waals surface area contributed by atoms with Crippen molar-refractivity contribution in [3.63, 3.8) is 0 Å². The van der Waals surface area contributed by atoms with Gasteiger partial charge in [0.05, 0.1) is 19.8 Å².